The van der Waals surface area contributed by atoms with Gasteiger partial charge in [-0.15, -0.1) is 11.3 Å². The molecule has 118 valence electrons. The third kappa shape index (κ3) is 4.68. The summed E-state index contributed by atoms with van der Waals surface area (Å²) in [6, 6.07) is 0.518. The van der Waals surface area contributed by atoms with Gasteiger partial charge in [-0.05, 0) is 41.0 Å². The predicted molar refractivity (Wildman–Crippen MR) is 84.6 cm³/mol. The van der Waals surface area contributed by atoms with Gasteiger partial charge in [0, 0.05) is 30.2 Å². The molecule has 1 aromatic heterocycles. The van der Waals surface area contributed by atoms with E-state index in [1.165, 1.54) is 4.88 Å². The van der Waals surface area contributed by atoms with E-state index in [1.807, 2.05) is 27.0 Å². The lowest BCUT2D eigenvalue weighted by Gasteiger charge is -2.24. The molecule has 1 saturated heterocycles. The maximum absolute atomic E-state index is 12.0. The summed E-state index contributed by atoms with van der Waals surface area (Å²) < 4.78 is 5.41. The average Bonchev–Trinajstić information content (AvgIpc) is 2.96. The first kappa shape index (κ1) is 16.2. The zero-order valence-electron chi connectivity index (χ0n) is 13.5. The minimum atomic E-state index is -0.436. The van der Waals surface area contributed by atoms with Crippen molar-refractivity contribution in [3.63, 3.8) is 0 Å². The van der Waals surface area contributed by atoms with Gasteiger partial charge in [0.1, 0.15) is 10.6 Å². The SMILES string of the molecule is Cc1cnc(C(C)NC2CCN(C(=O)OC(C)(C)C)C2)s1. The predicted octanol–water partition coefficient (Wildman–Crippen LogP) is 3.11. The largest absolute Gasteiger partial charge is 0.444 e. The molecule has 0 aromatic carbocycles. The molecule has 21 heavy (non-hydrogen) atoms. The molecule has 1 N–H and O–H groups in total. The first-order valence-corrected chi connectivity index (χ1v) is 8.22. The van der Waals surface area contributed by atoms with Crippen molar-refractivity contribution in [2.45, 2.75) is 58.7 Å². The van der Waals surface area contributed by atoms with Crippen LogP contribution in [0.5, 0.6) is 0 Å². The van der Waals surface area contributed by atoms with Crippen molar-refractivity contribution in [1.82, 2.24) is 15.2 Å². The molecule has 1 aromatic rings. The highest BCUT2D eigenvalue weighted by atomic mass is 32.1. The van der Waals surface area contributed by atoms with Crippen LogP contribution in [0.25, 0.3) is 0 Å². The standard InChI is InChI=1S/C15H25N3O2S/c1-10-8-16-13(21-10)11(2)17-12-6-7-18(9-12)14(19)20-15(3,4)5/h8,11-12,17H,6-7,9H2,1-5H3. The number of carbonyl (C=O) groups is 1. The number of hydrogen-bond donors (Lipinski definition) is 1. The van der Waals surface area contributed by atoms with Gasteiger partial charge in [0.2, 0.25) is 0 Å². The Morgan fingerprint density at radius 1 is 1.57 bits per heavy atom. The highest BCUT2D eigenvalue weighted by molar-refractivity contribution is 7.11. The van der Waals surface area contributed by atoms with Crippen molar-refractivity contribution in [3.05, 3.63) is 16.1 Å². The summed E-state index contributed by atoms with van der Waals surface area (Å²) in [4.78, 5) is 19.4. The summed E-state index contributed by atoms with van der Waals surface area (Å²) >= 11 is 1.72. The monoisotopic (exact) mass is 311 g/mol. The molecule has 1 aliphatic rings. The Morgan fingerprint density at radius 2 is 2.29 bits per heavy atom. The van der Waals surface area contributed by atoms with E-state index in [0.29, 0.717) is 12.6 Å². The Morgan fingerprint density at radius 3 is 2.86 bits per heavy atom. The molecule has 1 amide bonds. The van der Waals surface area contributed by atoms with Gasteiger partial charge >= 0.3 is 6.09 Å². The lowest BCUT2D eigenvalue weighted by atomic mass is 10.2. The van der Waals surface area contributed by atoms with Crippen molar-refractivity contribution < 1.29 is 9.53 Å². The van der Waals surface area contributed by atoms with Crippen molar-refractivity contribution in [1.29, 1.82) is 0 Å². The zero-order valence-corrected chi connectivity index (χ0v) is 14.3. The smallest absolute Gasteiger partial charge is 0.410 e. The lowest BCUT2D eigenvalue weighted by molar-refractivity contribution is 0.0290. The summed E-state index contributed by atoms with van der Waals surface area (Å²) in [5, 5.41) is 4.65. The molecule has 1 aliphatic heterocycles. The average molecular weight is 311 g/mol. The molecule has 0 bridgehead atoms. The van der Waals surface area contributed by atoms with Gasteiger partial charge in [-0.25, -0.2) is 9.78 Å². The minimum Gasteiger partial charge on any atom is -0.444 e. The molecule has 2 unspecified atom stereocenters. The Kier molecular flexibility index (Phi) is 4.88. The fourth-order valence-corrected chi connectivity index (χ4v) is 3.17. The van der Waals surface area contributed by atoms with E-state index in [9.17, 15) is 4.79 Å². The summed E-state index contributed by atoms with van der Waals surface area (Å²) in [5.41, 5.74) is -0.436. The van der Waals surface area contributed by atoms with Crippen LogP contribution < -0.4 is 5.32 Å². The van der Waals surface area contributed by atoms with Gasteiger partial charge in [0.15, 0.2) is 0 Å². The number of likely N-dealkylation sites (tertiary alicyclic amines) is 1. The number of hydrogen-bond acceptors (Lipinski definition) is 5. The van der Waals surface area contributed by atoms with E-state index >= 15 is 0 Å². The number of thiazole rings is 1. The fraction of sp³-hybridized carbons (Fsp3) is 0.733. The zero-order chi connectivity index (χ0) is 15.6. The number of nitrogens with one attached hydrogen (secondary N) is 1. The topological polar surface area (TPSA) is 54.5 Å². The molecule has 1 fully saturated rings. The Bertz CT molecular complexity index is 495. The number of carbonyl (C=O) groups excluding carboxylic acids is 1. The van der Waals surface area contributed by atoms with Gasteiger partial charge in [-0.3, -0.25) is 0 Å². The number of nitrogens with zero attached hydrogens (tertiary/aromatic N) is 2. The van der Waals surface area contributed by atoms with Crippen LogP contribution in [-0.2, 0) is 4.74 Å². The van der Waals surface area contributed by atoms with Gasteiger partial charge in [0.25, 0.3) is 0 Å². The van der Waals surface area contributed by atoms with E-state index in [-0.39, 0.29) is 12.1 Å². The molecule has 2 heterocycles. The molecular formula is C15H25N3O2S. The van der Waals surface area contributed by atoms with Crippen LogP contribution >= 0.6 is 11.3 Å². The van der Waals surface area contributed by atoms with E-state index in [1.54, 1.807) is 16.2 Å². The Hall–Kier alpha value is -1.14. The van der Waals surface area contributed by atoms with Crippen LogP contribution in [0.4, 0.5) is 4.79 Å². The second-order valence-electron chi connectivity index (χ2n) is 6.61. The maximum Gasteiger partial charge on any atom is 0.410 e. The quantitative estimate of drug-likeness (QED) is 0.932. The summed E-state index contributed by atoms with van der Waals surface area (Å²) in [6.07, 6.45) is 2.64. The van der Waals surface area contributed by atoms with E-state index in [2.05, 4.69) is 24.1 Å². The third-order valence-electron chi connectivity index (χ3n) is 3.34. The fourth-order valence-electron chi connectivity index (χ4n) is 2.39. The second kappa shape index (κ2) is 6.32. The summed E-state index contributed by atoms with van der Waals surface area (Å²) in [6.45, 7) is 11.3. The Labute approximate surface area is 130 Å². The van der Waals surface area contributed by atoms with Gasteiger partial charge in [-0.1, -0.05) is 0 Å². The van der Waals surface area contributed by atoms with E-state index in [0.717, 1.165) is 18.0 Å². The molecular weight excluding hydrogens is 286 g/mol. The number of ether oxygens (including phenoxy) is 1. The Balaban J connectivity index is 1.84. The number of amides is 1. The molecule has 0 radical (unpaired) electrons. The van der Waals surface area contributed by atoms with E-state index in [4.69, 9.17) is 4.74 Å². The molecule has 0 aliphatic carbocycles. The van der Waals surface area contributed by atoms with Crippen molar-refractivity contribution in [2.75, 3.05) is 13.1 Å². The minimum absolute atomic E-state index is 0.215. The van der Waals surface area contributed by atoms with Gasteiger partial charge < -0.3 is 15.0 Å². The van der Waals surface area contributed by atoms with Crippen LogP contribution in [0.1, 0.15) is 50.0 Å². The molecule has 0 saturated carbocycles. The van der Waals surface area contributed by atoms with E-state index < -0.39 is 5.60 Å². The normalized spacial score (nSPS) is 20.6. The highest BCUT2D eigenvalue weighted by Gasteiger charge is 2.30. The van der Waals surface area contributed by atoms with Crippen molar-refractivity contribution in [2.24, 2.45) is 0 Å². The van der Waals surface area contributed by atoms with Crippen LogP contribution in [0.3, 0.4) is 0 Å². The van der Waals surface area contributed by atoms with Crippen LogP contribution in [0.2, 0.25) is 0 Å². The maximum atomic E-state index is 12.0. The highest BCUT2D eigenvalue weighted by Crippen LogP contribution is 2.22. The summed E-state index contributed by atoms with van der Waals surface area (Å²) in [7, 11) is 0. The van der Waals surface area contributed by atoms with Crippen LogP contribution in [0.15, 0.2) is 6.20 Å². The van der Waals surface area contributed by atoms with Crippen LogP contribution in [-0.4, -0.2) is 40.7 Å². The first-order chi connectivity index (χ1) is 9.74. The number of aryl methyl sites for hydroxylation is 1. The van der Waals surface area contributed by atoms with Gasteiger partial charge in [-0.2, -0.15) is 0 Å². The molecule has 6 heteroatoms. The summed E-state index contributed by atoms with van der Waals surface area (Å²) in [5.74, 6) is 0. The van der Waals surface area contributed by atoms with Crippen molar-refractivity contribution >= 4 is 17.4 Å². The molecule has 2 rings (SSSR count). The first-order valence-electron chi connectivity index (χ1n) is 7.41. The van der Waals surface area contributed by atoms with Gasteiger partial charge in [0.05, 0.1) is 6.04 Å². The molecule has 2 atom stereocenters. The van der Waals surface area contributed by atoms with Crippen molar-refractivity contribution in [3.8, 4) is 0 Å². The lowest BCUT2D eigenvalue weighted by Crippen LogP contribution is -2.38. The number of aromatic nitrogens is 1. The third-order valence-corrected chi connectivity index (χ3v) is 4.43. The second-order valence-corrected chi connectivity index (χ2v) is 7.88. The van der Waals surface area contributed by atoms with Crippen LogP contribution in [0, 0.1) is 6.92 Å². The molecule has 0 spiro atoms. The number of rotatable bonds is 3. The molecule has 5 nitrogen and oxygen atoms in total.